The highest BCUT2D eigenvalue weighted by molar-refractivity contribution is 5.79. The molecule has 0 atom stereocenters. The van der Waals surface area contributed by atoms with Gasteiger partial charge < -0.3 is 19.3 Å². The first-order chi connectivity index (χ1) is 18.9. The molecule has 39 heavy (non-hydrogen) atoms. The zero-order chi connectivity index (χ0) is 27.6. The fourth-order valence-electron chi connectivity index (χ4n) is 4.62. The summed E-state index contributed by atoms with van der Waals surface area (Å²) in [6.07, 6.45) is 1.21. The van der Waals surface area contributed by atoms with Gasteiger partial charge in [0.05, 0.1) is 13.0 Å². The fraction of sp³-hybridized carbons (Fsp3) is 0.375. The summed E-state index contributed by atoms with van der Waals surface area (Å²) in [6.45, 7) is 6.47. The summed E-state index contributed by atoms with van der Waals surface area (Å²) in [4.78, 5) is 29.8. The molecule has 0 saturated carbocycles. The van der Waals surface area contributed by atoms with Gasteiger partial charge >= 0.3 is 6.09 Å². The van der Waals surface area contributed by atoms with E-state index in [2.05, 4.69) is 13.8 Å². The molecule has 3 aromatic rings. The van der Waals surface area contributed by atoms with Crippen LogP contribution >= 0.6 is 0 Å². The molecule has 1 fully saturated rings. The molecule has 4 rings (SSSR count). The van der Waals surface area contributed by atoms with E-state index in [9.17, 15) is 14.0 Å². The number of amides is 2. The molecule has 1 saturated heterocycles. The van der Waals surface area contributed by atoms with E-state index in [1.54, 1.807) is 17.0 Å². The van der Waals surface area contributed by atoms with Crippen molar-refractivity contribution in [1.29, 1.82) is 0 Å². The number of hydrogen-bond donors (Lipinski definition) is 0. The third-order valence-corrected chi connectivity index (χ3v) is 6.82. The van der Waals surface area contributed by atoms with Gasteiger partial charge in [0.1, 0.15) is 18.2 Å². The Labute approximate surface area is 230 Å². The third kappa shape index (κ3) is 8.57. The SMILES string of the molecule is CC(C)COc1ccc(CC(=O)N(Cc2ccc(F)cc2)C2CCN(C(=O)OCc3ccccc3)CC2)cc1. The van der Waals surface area contributed by atoms with E-state index in [0.29, 0.717) is 45.0 Å². The van der Waals surface area contributed by atoms with Crippen LogP contribution in [0.25, 0.3) is 0 Å². The first-order valence-corrected chi connectivity index (χ1v) is 13.6. The third-order valence-electron chi connectivity index (χ3n) is 6.82. The van der Waals surface area contributed by atoms with Gasteiger partial charge in [-0.15, -0.1) is 0 Å². The molecule has 1 aliphatic rings. The van der Waals surface area contributed by atoms with Crippen LogP contribution in [-0.4, -0.2) is 47.5 Å². The summed E-state index contributed by atoms with van der Waals surface area (Å²) in [5, 5.41) is 0. The number of rotatable bonds is 10. The highest BCUT2D eigenvalue weighted by Crippen LogP contribution is 2.22. The minimum atomic E-state index is -0.339. The van der Waals surface area contributed by atoms with Gasteiger partial charge in [0.15, 0.2) is 0 Å². The average molecular weight is 533 g/mol. The van der Waals surface area contributed by atoms with E-state index in [-0.39, 0.29) is 36.9 Å². The van der Waals surface area contributed by atoms with Crippen LogP contribution in [0.1, 0.15) is 43.4 Å². The van der Waals surface area contributed by atoms with Crippen molar-refractivity contribution in [2.45, 2.75) is 52.3 Å². The standard InChI is InChI=1S/C32H37FN2O4/c1-24(2)22-38-30-14-10-25(11-15-30)20-31(36)35(21-26-8-12-28(33)13-9-26)29-16-18-34(19-17-29)32(37)39-23-27-6-4-3-5-7-27/h3-15,24,29H,16-23H2,1-2H3. The normalized spacial score (nSPS) is 13.8. The lowest BCUT2D eigenvalue weighted by Crippen LogP contribution is -2.49. The Morgan fingerprint density at radius 3 is 2.18 bits per heavy atom. The summed E-state index contributed by atoms with van der Waals surface area (Å²) >= 11 is 0. The second kappa shape index (κ2) is 13.8. The van der Waals surface area contributed by atoms with Gasteiger partial charge in [-0.05, 0) is 59.7 Å². The van der Waals surface area contributed by atoms with E-state index >= 15 is 0 Å². The van der Waals surface area contributed by atoms with E-state index in [1.165, 1.54) is 12.1 Å². The molecule has 0 spiro atoms. The smallest absolute Gasteiger partial charge is 0.410 e. The lowest BCUT2D eigenvalue weighted by molar-refractivity contribution is -0.134. The monoisotopic (exact) mass is 532 g/mol. The average Bonchev–Trinajstić information content (AvgIpc) is 2.96. The van der Waals surface area contributed by atoms with Crippen LogP contribution in [0.4, 0.5) is 9.18 Å². The molecule has 6 nitrogen and oxygen atoms in total. The second-order valence-electron chi connectivity index (χ2n) is 10.4. The van der Waals surface area contributed by atoms with E-state index in [1.807, 2.05) is 59.5 Å². The number of carbonyl (C=O) groups is 2. The second-order valence-corrected chi connectivity index (χ2v) is 10.4. The maximum absolute atomic E-state index is 13.6. The fourth-order valence-corrected chi connectivity index (χ4v) is 4.62. The number of hydrogen-bond acceptors (Lipinski definition) is 4. The predicted octanol–water partition coefficient (Wildman–Crippen LogP) is 6.23. The van der Waals surface area contributed by atoms with Crippen LogP contribution < -0.4 is 4.74 Å². The Kier molecular flexibility index (Phi) is 9.95. The van der Waals surface area contributed by atoms with Gasteiger partial charge in [-0.25, -0.2) is 9.18 Å². The first kappa shape index (κ1) is 28.1. The van der Waals surface area contributed by atoms with Crippen LogP contribution in [0, 0.1) is 11.7 Å². The highest BCUT2D eigenvalue weighted by atomic mass is 19.1. The Morgan fingerprint density at radius 1 is 0.897 bits per heavy atom. The summed E-state index contributed by atoms with van der Waals surface area (Å²) < 4.78 is 24.8. The highest BCUT2D eigenvalue weighted by Gasteiger charge is 2.30. The Bertz CT molecular complexity index is 1190. The van der Waals surface area contributed by atoms with Crippen LogP contribution in [0.2, 0.25) is 0 Å². The Hall–Kier alpha value is -3.87. The van der Waals surface area contributed by atoms with Gasteiger partial charge in [-0.3, -0.25) is 4.79 Å². The van der Waals surface area contributed by atoms with Crippen molar-refractivity contribution in [2.75, 3.05) is 19.7 Å². The molecule has 2 amide bonds. The summed E-state index contributed by atoms with van der Waals surface area (Å²) in [6, 6.07) is 23.5. The number of halogens is 1. The molecule has 206 valence electrons. The summed E-state index contributed by atoms with van der Waals surface area (Å²) in [5.41, 5.74) is 2.71. The van der Waals surface area contributed by atoms with E-state index in [4.69, 9.17) is 9.47 Å². The molecule has 7 heteroatoms. The molecule has 1 aliphatic heterocycles. The maximum atomic E-state index is 13.6. The zero-order valence-electron chi connectivity index (χ0n) is 22.7. The van der Waals surface area contributed by atoms with Crippen molar-refractivity contribution in [3.05, 3.63) is 101 Å². The molecule has 0 bridgehead atoms. The van der Waals surface area contributed by atoms with Gasteiger partial charge in [0.25, 0.3) is 0 Å². The quantitative estimate of drug-likeness (QED) is 0.311. The van der Waals surface area contributed by atoms with Gasteiger partial charge in [0.2, 0.25) is 5.91 Å². The van der Waals surface area contributed by atoms with Crippen molar-refractivity contribution in [3.8, 4) is 5.75 Å². The molecule has 0 N–H and O–H groups in total. The molecule has 0 aromatic heterocycles. The van der Waals surface area contributed by atoms with Crippen LogP contribution in [0.3, 0.4) is 0 Å². The lowest BCUT2D eigenvalue weighted by atomic mass is 10.0. The van der Waals surface area contributed by atoms with Crippen LogP contribution in [0.15, 0.2) is 78.9 Å². The van der Waals surface area contributed by atoms with Gasteiger partial charge in [0, 0.05) is 25.7 Å². The largest absolute Gasteiger partial charge is 0.493 e. The van der Waals surface area contributed by atoms with Crippen LogP contribution in [0.5, 0.6) is 5.75 Å². The Balaban J connectivity index is 1.38. The number of benzene rings is 3. The number of ether oxygens (including phenoxy) is 2. The number of carbonyl (C=O) groups excluding carboxylic acids is 2. The molecular formula is C32H37FN2O4. The number of likely N-dealkylation sites (tertiary alicyclic amines) is 1. The van der Waals surface area contributed by atoms with Crippen molar-refractivity contribution < 1.29 is 23.5 Å². The molecular weight excluding hydrogens is 495 g/mol. The topological polar surface area (TPSA) is 59.1 Å². The molecule has 1 heterocycles. The van der Waals surface area contributed by atoms with Gasteiger partial charge in [-0.2, -0.15) is 0 Å². The predicted molar refractivity (Wildman–Crippen MR) is 149 cm³/mol. The Morgan fingerprint density at radius 2 is 1.54 bits per heavy atom. The van der Waals surface area contributed by atoms with Crippen molar-refractivity contribution >= 4 is 12.0 Å². The maximum Gasteiger partial charge on any atom is 0.410 e. The zero-order valence-corrected chi connectivity index (χ0v) is 22.7. The lowest BCUT2D eigenvalue weighted by Gasteiger charge is -2.38. The molecule has 0 unspecified atom stereocenters. The minimum Gasteiger partial charge on any atom is -0.493 e. The molecule has 0 radical (unpaired) electrons. The van der Waals surface area contributed by atoms with Gasteiger partial charge in [-0.1, -0.05) is 68.4 Å². The number of piperidine rings is 1. The van der Waals surface area contributed by atoms with Crippen molar-refractivity contribution in [3.63, 3.8) is 0 Å². The van der Waals surface area contributed by atoms with Crippen molar-refractivity contribution in [1.82, 2.24) is 9.80 Å². The van der Waals surface area contributed by atoms with E-state index < -0.39 is 0 Å². The molecule has 3 aromatic carbocycles. The first-order valence-electron chi connectivity index (χ1n) is 13.6. The number of nitrogens with zero attached hydrogens (tertiary/aromatic N) is 2. The molecule has 0 aliphatic carbocycles. The van der Waals surface area contributed by atoms with Crippen LogP contribution in [-0.2, 0) is 29.1 Å². The van der Waals surface area contributed by atoms with Crippen molar-refractivity contribution in [2.24, 2.45) is 5.92 Å². The summed E-state index contributed by atoms with van der Waals surface area (Å²) in [7, 11) is 0. The minimum absolute atomic E-state index is 0.000257. The van der Waals surface area contributed by atoms with E-state index in [0.717, 1.165) is 22.4 Å². The summed E-state index contributed by atoms with van der Waals surface area (Å²) in [5.74, 6) is 0.914.